The minimum Gasteiger partial charge on any atom is -0.358 e. The Bertz CT molecular complexity index is 461. The zero-order chi connectivity index (χ0) is 12.8. The highest BCUT2D eigenvalue weighted by atomic mass is 16.5. The van der Waals surface area contributed by atoms with Gasteiger partial charge in [-0.3, -0.25) is 0 Å². The molecule has 96 valence electrons. The molecular weight excluding hydrogens is 222 g/mol. The molecule has 2 aromatic rings. The number of benzene rings is 1. The fraction of sp³-hybridized carbons (Fsp3) is 0.375. The molecule has 0 saturated heterocycles. The number of hydrogen-bond donors (Lipinski definition) is 0. The van der Waals surface area contributed by atoms with Crippen LogP contribution >= 0.6 is 0 Å². The van der Waals surface area contributed by atoms with Crippen molar-refractivity contribution in [2.75, 3.05) is 6.61 Å². The van der Waals surface area contributed by atoms with Gasteiger partial charge in [0.05, 0.1) is 5.69 Å². The lowest BCUT2D eigenvalue weighted by atomic mass is 10.1. The first kappa shape index (κ1) is 12.9. The van der Waals surface area contributed by atoms with Crippen molar-refractivity contribution in [3.05, 3.63) is 48.7 Å². The van der Waals surface area contributed by atoms with E-state index >= 15 is 0 Å². The predicted octanol–water partition coefficient (Wildman–Crippen LogP) is 4.49. The molecule has 0 unspecified atom stereocenters. The fourth-order valence-corrected chi connectivity index (χ4v) is 2.04. The van der Waals surface area contributed by atoms with Crippen molar-refractivity contribution >= 4 is 0 Å². The SMILES string of the molecule is CCCCO[C@@H](C)n1cccc1-c1ccccc1. The Labute approximate surface area is 109 Å². The first-order valence-electron chi connectivity index (χ1n) is 6.66. The lowest BCUT2D eigenvalue weighted by Crippen LogP contribution is -2.10. The largest absolute Gasteiger partial charge is 0.358 e. The van der Waals surface area contributed by atoms with Crippen molar-refractivity contribution in [1.82, 2.24) is 4.57 Å². The maximum Gasteiger partial charge on any atom is 0.131 e. The average molecular weight is 243 g/mol. The molecule has 0 aliphatic rings. The van der Waals surface area contributed by atoms with Gasteiger partial charge in [0.15, 0.2) is 0 Å². The van der Waals surface area contributed by atoms with Crippen LogP contribution < -0.4 is 0 Å². The van der Waals surface area contributed by atoms with E-state index in [1.54, 1.807) is 0 Å². The predicted molar refractivity (Wildman–Crippen MR) is 75.4 cm³/mol. The Morgan fingerprint density at radius 2 is 1.89 bits per heavy atom. The van der Waals surface area contributed by atoms with Gasteiger partial charge in [0.1, 0.15) is 6.23 Å². The summed E-state index contributed by atoms with van der Waals surface area (Å²) < 4.78 is 8.04. The lowest BCUT2D eigenvalue weighted by molar-refractivity contribution is 0.0161. The Hall–Kier alpha value is -1.54. The second-order valence-electron chi connectivity index (χ2n) is 4.49. The number of hydrogen-bond acceptors (Lipinski definition) is 1. The molecule has 0 bridgehead atoms. The van der Waals surface area contributed by atoms with Crippen molar-refractivity contribution in [3.63, 3.8) is 0 Å². The van der Waals surface area contributed by atoms with Crippen LogP contribution in [0.3, 0.4) is 0 Å². The summed E-state index contributed by atoms with van der Waals surface area (Å²) in [7, 11) is 0. The monoisotopic (exact) mass is 243 g/mol. The van der Waals surface area contributed by atoms with Gasteiger partial charge in [-0.05, 0) is 31.0 Å². The zero-order valence-corrected chi connectivity index (χ0v) is 11.2. The van der Waals surface area contributed by atoms with Crippen LogP contribution in [0.4, 0.5) is 0 Å². The van der Waals surface area contributed by atoms with E-state index in [1.807, 2.05) is 6.07 Å². The number of rotatable bonds is 6. The third-order valence-electron chi connectivity index (χ3n) is 3.10. The molecular formula is C16H21NO. The Morgan fingerprint density at radius 3 is 2.61 bits per heavy atom. The van der Waals surface area contributed by atoms with Crippen molar-refractivity contribution in [3.8, 4) is 11.3 Å². The third kappa shape index (κ3) is 3.02. The Balaban J connectivity index is 2.12. The maximum atomic E-state index is 5.85. The molecule has 0 aliphatic carbocycles. The highest BCUT2D eigenvalue weighted by Crippen LogP contribution is 2.23. The van der Waals surface area contributed by atoms with Crippen LogP contribution in [0.15, 0.2) is 48.7 Å². The third-order valence-corrected chi connectivity index (χ3v) is 3.10. The van der Waals surface area contributed by atoms with Crippen LogP contribution in [0.25, 0.3) is 11.3 Å². The van der Waals surface area contributed by atoms with E-state index in [1.165, 1.54) is 17.7 Å². The summed E-state index contributed by atoms with van der Waals surface area (Å²) in [5.41, 5.74) is 2.44. The van der Waals surface area contributed by atoms with Gasteiger partial charge >= 0.3 is 0 Å². The summed E-state index contributed by atoms with van der Waals surface area (Å²) in [6, 6.07) is 14.6. The smallest absolute Gasteiger partial charge is 0.131 e. The van der Waals surface area contributed by atoms with E-state index in [9.17, 15) is 0 Å². The molecule has 2 nitrogen and oxygen atoms in total. The van der Waals surface area contributed by atoms with Gasteiger partial charge in [0, 0.05) is 12.8 Å². The number of ether oxygens (including phenoxy) is 1. The fourth-order valence-electron chi connectivity index (χ4n) is 2.04. The molecule has 1 atom stereocenters. The van der Waals surface area contributed by atoms with E-state index in [2.05, 4.69) is 61.0 Å². The second kappa shape index (κ2) is 6.41. The van der Waals surface area contributed by atoms with Gasteiger partial charge in [-0.25, -0.2) is 0 Å². The van der Waals surface area contributed by atoms with Crippen LogP contribution in [0.1, 0.15) is 32.9 Å². The molecule has 0 fully saturated rings. The topological polar surface area (TPSA) is 14.2 Å². The molecule has 18 heavy (non-hydrogen) atoms. The number of unbranched alkanes of at least 4 members (excludes halogenated alkanes) is 1. The van der Waals surface area contributed by atoms with Gasteiger partial charge < -0.3 is 9.30 Å². The van der Waals surface area contributed by atoms with Crippen LogP contribution in [0.2, 0.25) is 0 Å². The average Bonchev–Trinajstić information content (AvgIpc) is 2.89. The molecule has 0 saturated carbocycles. The Kier molecular flexibility index (Phi) is 4.59. The minimum absolute atomic E-state index is 0.0850. The highest BCUT2D eigenvalue weighted by molar-refractivity contribution is 5.59. The molecule has 0 spiro atoms. The number of aromatic nitrogens is 1. The van der Waals surface area contributed by atoms with Gasteiger partial charge in [-0.2, -0.15) is 0 Å². The highest BCUT2D eigenvalue weighted by Gasteiger charge is 2.09. The zero-order valence-electron chi connectivity index (χ0n) is 11.2. The van der Waals surface area contributed by atoms with Gasteiger partial charge in [0.2, 0.25) is 0 Å². The molecule has 1 aromatic carbocycles. The van der Waals surface area contributed by atoms with Crippen molar-refractivity contribution in [2.45, 2.75) is 32.9 Å². The minimum atomic E-state index is 0.0850. The molecule has 0 radical (unpaired) electrons. The van der Waals surface area contributed by atoms with E-state index in [0.717, 1.165) is 13.0 Å². The van der Waals surface area contributed by atoms with Crippen LogP contribution in [0.5, 0.6) is 0 Å². The standard InChI is InChI=1S/C16H21NO/c1-3-4-13-18-14(2)17-12-8-11-16(17)15-9-6-5-7-10-15/h5-12,14H,3-4,13H2,1-2H3/t14-/m0/s1. The molecule has 2 rings (SSSR count). The molecule has 0 aliphatic heterocycles. The second-order valence-corrected chi connectivity index (χ2v) is 4.49. The van der Waals surface area contributed by atoms with Gasteiger partial charge in [-0.15, -0.1) is 0 Å². The van der Waals surface area contributed by atoms with E-state index in [-0.39, 0.29) is 6.23 Å². The maximum absolute atomic E-state index is 5.85. The van der Waals surface area contributed by atoms with E-state index in [4.69, 9.17) is 4.74 Å². The summed E-state index contributed by atoms with van der Waals surface area (Å²) in [5, 5.41) is 0. The molecule has 1 heterocycles. The first-order valence-corrected chi connectivity index (χ1v) is 6.66. The first-order chi connectivity index (χ1) is 8.83. The summed E-state index contributed by atoms with van der Waals surface area (Å²) >= 11 is 0. The molecule has 0 amide bonds. The molecule has 0 N–H and O–H groups in total. The van der Waals surface area contributed by atoms with Crippen LogP contribution in [-0.4, -0.2) is 11.2 Å². The van der Waals surface area contributed by atoms with Crippen LogP contribution in [0, 0.1) is 0 Å². The normalized spacial score (nSPS) is 12.6. The van der Waals surface area contributed by atoms with Gasteiger partial charge in [0.25, 0.3) is 0 Å². The summed E-state index contributed by atoms with van der Waals surface area (Å²) in [6.07, 6.45) is 4.46. The summed E-state index contributed by atoms with van der Waals surface area (Å²) in [5.74, 6) is 0. The van der Waals surface area contributed by atoms with E-state index < -0.39 is 0 Å². The number of nitrogens with zero attached hydrogens (tertiary/aromatic N) is 1. The lowest BCUT2D eigenvalue weighted by Gasteiger charge is -2.18. The molecule has 2 heteroatoms. The summed E-state index contributed by atoms with van der Waals surface area (Å²) in [6.45, 7) is 5.10. The molecule has 1 aromatic heterocycles. The van der Waals surface area contributed by atoms with Crippen molar-refractivity contribution < 1.29 is 4.74 Å². The van der Waals surface area contributed by atoms with Crippen molar-refractivity contribution in [2.24, 2.45) is 0 Å². The van der Waals surface area contributed by atoms with Crippen LogP contribution in [-0.2, 0) is 4.74 Å². The van der Waals surface area contributed by atoms with Crippen molar-refractivity contribution in [1.29, 1.82) is 0 Å². The quantitative estimate of drug-likeness (QED) is 0.682. The van der Waals surface area contributed by atoms with Gasteiger partial charge in [-0.1, -0.05) is 43.7 Å². The summed E-state index contributed by atoms with van der Waals surface area (Å²) in [4.78, 5) is 0. The van der Waals surface area contributed by atoms with E-state index in [0.29, 0.717) is 0 Å². The Morgan fingerprint density at radius 1 is 1.11 bits per heavy atom.